The molecule has 1 heterocycles. The molecule has 1 aliphatic heterocycles. The number of nitrogens with zero attached hydrogens (tertiary/aromatic N) is 1. The van der Waals surface area contributed by atoms with E-state index in [4.69, 9.17) is 5.73 Å². The van der Waals surface area contributed by atoms with Crippen LogP contribution in [0.4, 0.5) is 0 Å². The highest BCUT2D eigenvalue weighted by Gasteiger charge is 2.35. The SMILES string of the molecule is CC(=O)N[C@@H](CCC(N)=O)C(=O)ON1C(=O)CCC1=O. The zero-order valence-corrected chi connectivity index (χ0v) is 10.9. The van der Waals surface area contributed by atoms with Crippen molar-refractivity contribution in [3.8, 4) is 0 Å². The number of primary amides is 1. The van der Waals surface area contributed by atoms with E-state index in [-0.39, 0.29) is 25.7 Å². The largest absolute Gasteiger partial charge is 0.370 e. The molecule has 0 aromatic heterocycles. The van der Waals surface area contributed by atoms with Gasteiger partial charge in [-0.3, -0.25) is 19.2 Å². The maximum atomic E-state index is 11.8. The van der Waals surface area contributed by atoms with Gasteiger partial charge in [-0.05, 0) is 6.42 Å². The van der Waals surface area contributed by atoms with Crippen LogP contribution in [0.2, 0.25) is 0 Å². The van der Waals surface area contributed by atoms with Crippen molar-refractivity contribution in [2.24, 2.45) is 5.73 Å². The fraction of sp³-hybridized carbons (Fsp3) is 0.545. The van der Waals surface area contributed by atoms with E-state index >= 15 is 0 Å². The van der Waals surface area contributed by atoms with E-state index in [1.165, 1.54) is 6.92 Å². The van der Waals surface area contributed by atoms with Gasteiger partial charge < -0.3 is 15.9 Å². The lowest BCUT2D eigenvalue weighted by Crippen LogP contribution is -2.45. The lowest BCUT2D eigenvalue weighted by atomic mass is 10.1. The number of nitrogens with one attached hydrogen (secondary N) is 1. The molecular formula is C11H15N3O6. The third-order valence-corrected chi connectivity index (χ3v) is 2.53. The molecule has 20 heavy (non-hydrogen) atoms. The number of hydroxylamine groups is 2. The Hall–Kier alpha value is -2.45. The second-order valence-electron chi connectivity index (χ2n) is 4.25. The Morgan fingerprint density at radius 1 is 1.30 bits per heavy atom. The van der Waals surface area contributed by atoms with Gasteiger partial charge in [0.25, 0.3) is 11.8 Å². The standard InChI is InChI=1S/C11H15N3O6/c1-6(15)13-7(2-3-8(12)16)11(19)20-14-9(17)4-5-10(14)18/h7H,2-5H2,1H3,(H2,12,16)(H,13,15)/t7-/m0/s1. The van der Waals surface area contributed by atoms with Crippen LogP contribution in [-0.4, -0.2) is 40.7 Å². The lowest BCUT2D eigenvalue weighted by Gasteiger charge is -2.19. The van der Waals surface area contributed by atoms with Crippen LogP contribution in [-0.2, 0) is 28.8 Å². The maximum absolute atomic E-state index is 11.8. The fourth-order valence-electron chi connectivity index (χ4n) is 1.59. The first kappa shape index (κ1) is 15.6. The normalized spacial score (nSPS) is 15.9. The van der Waals surface area contributed by atoms with E-state index < -0.39 is 35.6 Å². The van der Waals surface area contributed by atoms with Gasteiger partial charge in [0.15, 0.2) is 0 Å². The van der Waals surface area contributed by atoms with Crippen LogP contribution in [0.3, 0.4) is 0 Å². The Morgan fingerprint density at radius 2 is 1.85 bits per heavy atom. The molecule has 0 aromatic carbocycles. The molecule has 0 spiro atoms. The summed E-state index contributed by atoms with van der Waals surface area (Å²) in [5.41, 5.74) is 4.96. The molecule has 1 atom stereocenters. The van der Waals surface area contributed by atoms with Crippen LogP contribution in [0.25, 0.3) is 0 Å². The molecule has 0 radical (unpaired) electrons. The van der Waals surface area contributed by atoms with Crippen LogP contribution >= 0.6 is 0 Å². The molecule has 3 N–H and O–H groups in total. The number of hydrogen-bond donors (Lipinski definition) is 2. The molecule has 9 heteroatoms. The fourth-order valence-corrected chi connectivity index (χ4v) is 1.59. The average Bonchev–Trinajstić information content (AvgIpc) is 2.65. The molecule has 110 valence electrons. The summed E-state index contributed by atoms with van der Waals surface area (Å²) in [4.78, 5) is 60.7. The van der Waals surface area contributed by atoms with E-state index in [1.807, 2.05) is 0 Å². The van der Waals surface area contributed by atoms with Gasteiger partial charge in [0, 0.05) is 26.2 Å². The summed E-state index contributed by atoms with van der Waals surface area (Å²) in [5.74, 6) is -3.42. The van der Waals surface area contributed by atoms with Crippen molar-refractivity contribution >= 4 is 29.6 Å². The van der Waals surface area contributed by atoms with Crippen LogP contribution in [0.1, 0.15) is 32.6 Å². The van der Waals surface area contributed by atoms with Crippen LogP contribution in [0, 0.1) is 0 Å². The predicted molar refractivity (Wildman–Crippen MR) is 63.2 cm³/mol. The molecule has 0 bridgehead atoms. The first-order valence-corrected chi connectivity index (χ1v) is 5.94. The zero-order valence-electron chi connectivity index (χ0n) is 10.9. The Labute approximate surface area is 114 Å². The summed E-state index contributed by atoms with van der Waals surface area (Å²) in [6, 6.07) is -1.15. The van der Waals surface area contributed by atoms with Crippen LogP contribution in [0.5, 0.6) is 0 Å². The summed E-state index contributed by atoms with van der Waals surface area (Å²) < 4.78 is 0. The van der Waals surface area contributed by atoms with Crippen molar-refractivity contribution in [2.75, 3.05) is 0 Å². The topological polar surface area (TPSA) is 136 Å². The highest BCUT2D eigenvalue weighted by Crippen LogP contribution is 2.13. The van der Waals surface area contributed by atoms with E-state index in [0.29, 0.717) is 5.06 Å². The highest BCUT2D eigenvalue weighted by atomic mass is 16.7. The maximum Gasteiger partial charge on any atom is 0.355 e. The molecule has 0 aromatic rings. The summed E-state index contributed by atoms with van der Waals surface area (Å²) in [6.07, 6.45) is -0.289. The monoisotopic (exact) mass is 285 g/mol. The summed E-state index contributed by atoms with van der Waals surface area (Å²) in [6.45, 7) is 1.18. The molecule has 1 aliphatic rings. The Bertz CT molecular complexity index is 445. The van der Waals surface area contributed by atoms with Crippen molar-refractivity contribution in [1.29, 1.82) is 0 Å². The summed E-state index contributed by atoms with van der Waals surface area (Å²) in [5, 5.41) is 2.64. The third-order valence-electron chi connectivity index (χ3n) is 2.53. The quantitative estimate of drug-likeness (QED) is 0.562. The minimum Gasteiger partial charge on any atom is -0.370 e. The van der Waals surface area contributed by atoms with Gasteiger partial charge in [0.05, 0.1) is 0 Å². The molecule has 0 saturated carbocycles. The zero-order chi connectivity index (χ0) is 15.3. The van der Waals surface area contributed by atoms with Gasteiger partial charge in [-0.25, -0.2) is 4.79 Å². The number of carbonyl (C=O) groups is 5. The van der Waals surface area contributed by atoms with Crippen molar-refractivity contribution in [1.82, 2.24) is 10.4 Å². The van der Waals surface area contributed by atoms with Gasteiger partial charge in [-0.15, -0.1) is 5.06 Å². The first-order chi connectivity index (χ1) is 9.31. The van der Waals surface area contributed by atoms with E-state index in [1.54, 1.807) is 0 Å². The van der Waals surface area contributed by atoms with Gasteiger partial charge in [0.1, 0.15) is 6.04 Å². The van der Waals surface area contributed by atoms with Crippen molar-refractivity contribution < 1.29 is 28.8 Å². The molecule has 1 fully saturated rings. The van der Waals surface area contributed by atoms with Gasteiger partial charge in [0.2, 0.25) is 11.8 Å². The molecular weight excluding hydrogens is 270 g/mol. The number of carbonyl (C=O) groups excluding carboxylic acids is 5. The number of rotatable bonds is 6. The van der Waals surface area contributed by atoms with Crippen molar-refractivity contribution in [2.45, 2.75) is 38.6 Å². The second kappa shape index (κ2) is 6.64. The van der Waals surface area contributed by atoms with Gasteiger partial charge in [-0.2, -0.15) is 0 Å². The average molecular weight is 285 g/mol. The smallest absolute Gasteiger partial charge is 0.355 e. The van der Waals surface area contributed by atoms with Gasteiger partial charge in [-0.1, -0.05) is 0 Å². The van der Waals surface area contributed by atoms with Gasteiger partial charge >= 0.3 is 5.97 Å². The minimum absolute atomic E-state index is 0.0296. The van der Waals surface area contributed by atoms with E-state index in [0.717, 1.165) is 0 Å². The first-order valence-electron chi connectivity index (χ1n) is 5.94. The second-order valence-corrected chi connectivity index (χ2v) is 4.25. The molecule has 4 amide bonds. The van der Waals surface area contributed by atoms with Crippen LogP contribution < -0.4 is 11.1 Å². The summed E-state index contributed by atoms with van der Waals surface area (Å²) >= 11 is 0. The highest BCUT2D eigenvalue weighted by molar-refractivity contribution is 6.01. The Kier molecular flexibility index (Phi) is 5.18. The predicted octanol–water partition coefficient (Wildman–Crippen LogP) is -1.64. The molecule has 0 unspecified atom stereocenters. The Balaban J connectivity index is 2.66. The third kappa shape index (κ3) is 4.34. The van der Waals surface area contributed by atoms with E-state index in [2.05, 4.69) is 10.2 Å². The molecule has 1 saturated heterocycles. The van der Waals surface area contributed by atoms with Crippen molar-refractivity contribution in [3.63, 3.8) is 0 Å². The van der Waals surface area contributed by atoms with E-state index in [9.17, 15) is 24.0 Å². The molecule has 0 aliphatic carbocycles. The summed E-state index contributed by atoms with van der Waals surface area (Å²) in [7, 11) is 0. The molecule has 1 rings (SSSR count). The van der Waals surface area contributed by atoms with Crippen molar-refractivity contribution in [3.05, 3.63) is 0 Å². The van der Waals surface area contributed by atoms with Crippen LogP contribution in [0.15, 0.2) is 0 Å². The number of imide groups is 1. The number of hydrogen-bond acceptors (Lipinski definition) is 6. The minimum atomic E-state index is -1.15. The lowest BCUT2D eigenvalue weighted by molar-refractivity contribution is -0.199. The Morgan fingerprint density at radius 3 is 2.30 bits per heavy atom. The molecule has 9 nitrogen and oxygen atoms in total. The number of nitrogens with two attached hydrogens (primary N) is 1. The number of amides is 4.